The van der Waals surface area contributed by atoms with Crippen molar-refractivity contribution < 1.29 is 4.79 Å². The van der Waals surface area contributed by atoms with Crippen LogP contribution < -0.4 is 10.6 Å². The molecule has 1 saturated carbocycles. The molecule has 1 saturated heterocycles. The van der Waals surface area contributed by atoms with Crippen molar-refractivity contribution in [1.82, 2.24) is 15.5 Å². The summed E-state index contributed by atoms with van der Waals surface area (Å²) < 4.78 is 0. The van der Waals surface area contributed by atoms with Crippen molar-refractivity contribution in [3.63, 3.8) is 0 Å². The molecule has 1 aliphatic carbocycles. The van der Waals surface area contributed by atoms with Crippen LogP contribution in [0.15, 0.2) is 0 Å². The molecule has 2 rings (SSSR count). The van der Waals surface area contributed by atoms with E-state index in [9.17, 15) is 4.79 Å². The number of rotatable bonds is 6. The zero-order valence-corrected chi connectivity index (χ0v) is 13.0. The molecule has 0 aromatic heterocycles. The van der Waals surface area contributed by atoms with E-state index in [4.69, 9.17) is 0 Å². The highest BCUT2D eigenvalue weighted by molar-refractivity contribution is 5.76. The van der Waals surface area contributed by atoms with Gasteiger partial charge < -0.3 is 15.5 Å². The lowest BCUT2D eigenvalue weighted by atomic mass is 9.92. The summed E-state index contributed by atoms with van der Waals surface area (Å²) in [6, 6.07) is 1.24. The van der Waals surface area contributed by atoms with E-state index in [1.165, 1.54) is 45.2 Å². The third-order valence-corrected chi connectivity index (χ3v) is 4.82. The summed E-state index contributed by atoms with van der Waals surface area (Å²) in [7, 11) is 1.93. The molecule has 0 unspecified atom stereocenters. The summed E-state index contributed by atoms with van der Waals surface area (Å²) in [6.07, 6.45) is 10.9. The Morgan fingerprint density at radius 2 is 1.80 bits per heavy atom. The van der Waals surface area contributed by atoms with E-state index >= 15 is 0 Å². The molecule has 4 heteroatoms. The first-order chi connectivity index (χ1) is 9.79. The van der Waals surface area contributed by atoms with E-state index in [-0.39, 0.29) is 5.91 Å². The zero-order chi connectivity index (χ0) is 14.2. The average molecular weight is 281 g/mol. The number of amides is 1. The maximum atomic E-state index is 11.8. The molecule has 1 heterocycles. The van der Waals surface area contributed by atoms with E-state index in [1.807, 2.05) is 7.05 Å². The molecule has 1 amide bonds. The van der Waals surface area contributed by atoms with Crippen molar-refractivity contribution in [3.05, 3.63) is 0 Å². The van der Waals surface area contributed by atoms with Crippen LogP contribution in [0.2, 0.25) is 0 Å². The van der Waals surface area contributed by atoms with Gasteiger partial charge in [-0.3, -0.25) is 4.79 Å². The van der Waals surface area contributed by atoms with Crippen molar-refractivity contribution in [1.29, 1.82) is 0 Å². The molecule has 116 valence electrons. The van der Waals surface area contributed by atoms with Gasteiger partial charge in [0.25, 0.3) is 0 Å². The SMILES string of the molecule is CNCCCC(=O)NC1CCN(C2CCCCC2)CC1. The first-order valence-corrected chi connectivity index (χ1v) is 8.47. The Morgan fingerprint density at radius 3 is 2.45 bits per heavy atom. The summed E-state index contributed by atoms with van der Waals surface area (Å²) in [6.45, 7) is 3.27. The predicted octanol–water partition coefficient (Wildman–Crippen LogP) is 1.90. The van der Waals surface area contributed by atoms with Crippen LogP contribution in [0.1, 0.15) is 57.8 Å². The molecular formula is C16H31N3O. The number of hydrogen-bond acceptors (Lipinski definition) is 3. The number of nitrogens with one attached hydrogen (secondary N) is 2. The standard InChI is InChI=1S/C16H31N3O/c1-17-11-5-8-16(20)18-14-9-12-19(13-10-14)15-6-3-2-4-7-15/h14-15,17H,2-13H2,1H3,(H,18,20). The number of likely N-dealkylation sites (tertiary alicyclic amines) is 1. The second-order valence-electron chi connectivity index (χ2n) is 6.38. The summed E-state index contributed by atoms with van der Waals surface area (Å²) in [5.41, 5.74) is 0. The van der Waals surface area contributed by atoms with E-state index in [1.54, 1.807) is 0 Å². The minimum Gasteiger partial charge on any atom is -0.353 e. The van der Waals surface area contributed by atoms with Crippen LogP contribution in [-0.4, -0.2) is 49.6 Å². The van der Waals surface area contributed by atoms with Crippen LogP contribution in [0.4, 0.5) is 0 Å². The van der Waals surface area contributed by atoms with Gasteiger partial charge in [-0.05, 0) is 45.7 Å². The summed E-state index contributed by atoms with van der Waals surface area (Å²) in [4.78, 5) is 14.5. The molecule has 0 bridgehead atoms. The maximum Gasteiger partial charge on any atom is 0.220 e. The lowest BCUT2D eigenvalue weighted by molar-refractivity contribution is -0.122. The lowest BCUT2D eigenvalue weighted by Crippen LogP contribution is -2.48. The molecule has 20 heavy (non-hydrogen) atoms. The van der Waals surface area contributed by atoms with Gasteiger partial charge in [-0.15, -0.1) is 0 Å². The van der Waals surface area contributed by atoms with E-state index in [0.29, 0.717) is 12.5 Å². The Kier molecular flexibility index (Phi) is 6.80. The fraction of sp³-hybridized carbons (Fsp3) is 0.938. The van der Waals surface area contributed by atoms with Crippen LogP contribution in [0.25, 0.3) is 0 Å². The molecule has 0 radical (unpaired) electrons. The van der Waals surface area contributed by atoms with Crippen molar-refractivity contribution in [3.8, 4) is 0 Å². The Hall–Kier alpha value is -0.610. The van der Waals surface area contributed by atoms with Gasteiger partial charge in [0, 0.05) is 31.6 Å². The van der Waals surface area contributed by atoms with Gasteiger partial charge in [-0.2, -0.15) is 0 Å². The Morgan fingerprint density at radius 1 is 1.10 bits per heavy atom. The summed E-state index contributed by atoms with van der Waals surface area (Å²) >= 11 is 0. The van der Waals surface area contributed by atoms with E-state index in [2.05, 4.69) is 15.5 Å². The van der Waals surface area contributed by atoms with Crippen molar-refractivity contribution in [2.75, 3.05) is 26.7 Å². The fourth-order valence-electron chi connectivity index (χ4n) is 3.58. The smallest absolute Gasteiger partial charge is 0.220 e. The minimum atomic E-state index is 0.233. The molecule has 1 aliphatic heterocycles. The zero-order valence-electron chi connectivity index (χ0n) is 13.0. The maximum absolute atomic E-state index is 11.8. The monoisotopic (exact) mass is 281 g/mol. The molecule has 0 spiro atoms. The number of carbonyl (C=O) groups excluding carboxylic acids is 1. The van der Waals surface area contributed by atoms with Gasteiger partial charge in [0.2, 0.25) is 5.91 Å². The van der Waals surface area contributed by atoms with Crippen molar-refractivity contribution in [2.45, 2.75) is 69.9 Å². The lowest BCUT2D eigenvalue weighted by Gasteiger charge is -2.39. The largest absolute Gasteiger partial charge is 0.353 e. The normalized spacial score (nSPS) is 22.9. The molecule has 4 nitrogen and oxygen atoms in total. The molecule has 2 fully saturated rings. The van der Waals surface area contributed by atoms with Gasteiger partial charge in [0.1, 0.15) is 0 Å². The quantitative estimate of drug-likeness (QED) is 0.731. The van der Waals surface area contributed by atoms with Gasteiger partial charge in [0.15, 0.2) is 0 Å². The van der Waals surface area contributed by atoms with Crippen molar-refractivity contribution in [2.24, 2.45) is 0 Å². The molecule has 2 N–H and O–H groups in total. The van der Waals surface area contributed by atoms with Gasteiger partial charge >= 0.3 is 0 Å². The van der Waals surface area contributed by atoms with Gasteiger partial charge in [-0.25, -0.2) is 0 Å². The number of piperidine rings is 1. The third-order valence-electron chi connectivity index (χ3n) is 4.82. The topological polar surface area (TPSA) is 44.4 Å². The molecule has 0 atom stereocenters. The number of carbonyl (C=O) groups is 1. The Bertz CT molecular complexity index is 281. The van der Waals surface area contributed by atoms with Crippen LogP contribution >= 0.6 is 0 Å². The third kappa shape index (κ3) is 5.06. The van der Waals surface area contributed by atoms with Crippen LogP contribution in [-0.2, 0) is 4.79 Å². The minimum absolute atomic E-state index is 0.233. The summed E-state index contributed by atoms with van der Waals surface area (Å²) in [5.74, 6) is 0.233. The Balaban J connectivity index is 1.62. The second-order valence-corrected chi connectivity index (χ2v) is 6.38. The van der Waals surface area contributed by atoms with Gasteiger partial charge in [-0.1, -0.05) is 19.3 Å². The predicted molar refractivity (Wildman–Crippen MR) is 82.8 cm³/mol. The summed E-state index contributed by atoms with van der Waals surface area (Å²) in [5, 5.41) is 6.29. The first-order valence-electron chi connectivity index (χ1n) is 8.47. The number of hydrogen-bond donors (Lipinski definition) is 2. The molecule has 2 aliphatic rings. The highest BCUT2D eigenvalue weighted by Crippen LogP contribution is 2.25. The van der Waals surface area contributed by atoms with Crippen LogP contribution in [0.5, 0.6) is 0 Å². The van der Waals surface area contributed by atoms with Crippen molar-refractivity contribution >= 4 is 5.91 Å². The van der Waals surface area contributed by atoms with Gasteiger partial charge in [0.05, 0.1) is 0 Å². The first kappa shape index (κ1) is 15.8. The average Bonchev–Trinajstić information content (AvgIpc) is 2.49. The highest BCUT2D eigenvalue weighted by Gasteiger charge is 2.26. The molecule has 0 aromatic rings. The second kappa shape index (κ2) is 8.63. The van der Waals surface area contributed by atoms with Crippen LogP contribution in [0, 0.1) is 0 Å². The van der Waals surface area contributed by atoms with E-state index < -0.39 is 0 Å². The van der Waals surface area contributed by atoms with E-state index in [0.717, 1.165) is 31.8 Å². The molecular weight excluding hydrogens is 250 g/mol. The number of nitrogens with zero attached hydrogens (tertiary/aromatic N) is 1. The van der Waals surface area contributed by atoms with Crippen LogP contribution in [0.3, 0.4) is 0 Å². The Labute approximate surface area is 123 Å². The highest BCUT2D eigenvalue weighted by atomic mass is 16.1. The molecule has 0 aromatic carbocycles. The fourth-order valence-corrected chi connectivity index (χ4v) is 3.58.